The van der Waals surface area contributed by atoms with Crippen LogP contribution in [0.2, 0.25) is 0 Å². The van der Waals surface area contributed by atoms with Crippen molar-refractivity contribution in [1.82, 2.24) is 15.6 Å². The largest absolute Gasteiger partial charge is 0.314 e. The Morgan fingerprint density at radius 1 is 1.25 bits per heavy atom. The van der Waals surface area contributed by atoms with Crippen LogP contribution in [0.15, 0.2) is 24.5 Å². The highest BCUT2D eigenvalue weighted by Crippen LogP contribution is 2.33. The Balaban J connectivity index is 1.61. The van der Waals surface area contributed by atoms with Gasteiger partial charge in [-0.05, 0) is 56.7 Å². The first-order valence-electron chi connectivity index (χ1n) is 8.24. The van der Waals surface area contributed by atoms with Gasteiger partial charge in [0.15, 0.2) is 0 Å². The number of pyridine rings is 1. The summed E-state index contributed by atoms with van der Waals surface area (Å²) in [5.74, 6) is 0.814. The third kappa shape index (κ3) is 3.21. The Kier molecular flexibility index (Phi) is 4.69. The minimum absolute atomic E-state index is 0.401. The van der Waals surface area contributed by atoms with Crippen LogP contribution in [0.1, 0.15) is 57.1 Å². The second-order valence-corrected chi connectivity index (χ2v) is 6.43. The van der Waals surface area contributed by atoms with Gasteiger partial charge in [-0.25, -0.2) is 0 Å². The van der Waals surface area contributed by atoms with Crippen molar-refractivity contribution in [3.63, 3.8) is 0 Å². The summed E-state index contributed by atoms with van der Waals surface area (Å²) >= 11 is 0. The van der Waals surface area contributed by atoms with Crippen molar-refractivity contribution in [3.8, 4) is 0 Å². The second-order valence-electron chi connectivity index (χ2n) is 6.43. The van der Waals surface area contributed by atoms with Gasteiger partial charge in [0.2, 0.25) is 0 Å². The molecule has 4 atom stereocenters. The van der Waals surface area contributed by atoms with Gasteiger partial charge in [-0.3, -0.25) is 4.98 Å². The van der Waals surface area contributed by atoms with Crippen molar-refractivity contribution >= 4 is 0 Å². The molecule has 110 valence electrons. The second kappa shape index (κ2) is 6.68. The van der Waals surface area contributed by atoms with Crippen LogP contribution < -0.4 is 10.6 Å². The molecule has 3 heteroatoms. The van der Waals surface area contributed by atoms with Crippen LogP contribution in [0.5, 0.6) is 0 Å². The lowest BCUT2D eigenvalue weighted by Gasteiger charge is -2.34. The summed E-state index contributed by atoms with van der Waals surface area (Å²) in [6, 6.07) is 6.01. The first-order chi connectivity index (χ1) is 9.84. The molecular weight excluding hydrogens is 246 g/mol. The number of nitrogens with one attached hydrogen (secondary N) is 2. The molecule has 2 N–H and O–H groups in total. The lowest BCUT2D eigenvalue weighted by molar-refractivity contribution is 0.248. The Hall–Kier alpha value is -0.930. The molecule has 0 bridgehead atoms. The van der Waals surface area contributed by atoms with Crippen molar-refractivity contribution in [3.05, 3.63) is 30.1 Å². The molecule has 20 heavy (non-hydrogen) atoms. The summed E-state index contributed by atoms with van der Waals surface area (Å²) in [4.78, 5) is 4.24. The minimum atomic E-state index is 0.401. The summed E-state index contributed by atoms with van der Waals surface area (Å²) in [5.41, 5.74) is 1.30. The fraction of sp³-hybridized carbons (Fsp3) is 0.706. The van der Waals surface area contributed by atoms with E-state index in [4.69, 9.17) is 0 Å². The van der Waals surface area contributed by atoms with Gasteiger partial charge in [0.05, 0.1) is 0 Å². The molecule has 1 saturated carbocycles. The van der Waals surface area contributed by atoms with Gasteiger partial charge in [0, 0.05) is 30.5 Å². The monoisotopic (exact) mass is 273 g/mol. The van der Waals surface area contributed by atoms with Crippen molar-refractivity contribution in [1.29, 1.82) is 0 Å². The van der Waals surface area contributed by atoms with E-state index in [1.54, 1.807) is 0 Å². The lowest BCUT2D eigenvalue weighted by Crippen LogP contribution is -2.47. The standard InChI is InChI=1S/C17H27N3/c1-13(14-6-5-10-18-12-14)20-17-9-4-7-15(17)16-8-2-3-11-19-16/h5-6,10,12-13,15-17,19-20H,2-4,7-9,11H2,1H3/t13-,15?,16?,17?/m1/s1. The fourth-order valence-corrected chi connectivity index (χ4v) is 3.97. The number of nitrogens with zero attached hydrogens (tertiary/aromatic N) is 1. The van der Waals surface area contributed by atoms with E-state index in [0.29, 0.717) is 12.1 Å². The third-order valence-corrected chi connectivity index (χ3v) is 5.08. The third-order valence-electron chi connectivity index (χ3n) is 5.08. The highest BCUT2D eigenvalue weighted by molar-refractivity contribution is 5.13. The molecule has 1 aliphatic heterocycles. The topological polar surface area (TPSA) is 37.0 Å². The Morgan fingerprint density at radius 3 is 2.95 bits per heavy atom. The number of aromatic nitrogens is 1. The van der Waals surface area contributed by atoms with Gasteiger partial charge in [-0.1, -0.05) is 18.9 Å². The SMILES string of the molecule is C[C@@H](NC1CCCC1C1CCCCN1)c1cccnc1. The van der Waals surface area contributed by atoms with E-state index in [2.05, 4.69) is 28.6 Å². The van der Waals surface area contributed by atoms with E-state index in [1.165, 1.54) is 50.6 Å². The van der Waals surface area contributed by atoms with E-state index in [-0.39, 0.29) is 0 Å². The zero-order valence-corrected chi connectivity index (χ0v) is 12.5. The van der Waals surface area contributed by atoms with Crippen LogP contribution in [0, 0.1) is 5.92 Å². The molecule has 2 heterocycles. The molecule has 2 fully saturated rings. The number of rotatable bonds is 4. The van der Waals surface area contributed by atoms with Crippen LogP contribution in [0.3, 0.4) is 0 Å². The van der Waals surface area contributed by atoms with E-state index in [1.807, 2.05) is 18.5 Å². The van der Waals surface area contributed by atoms with Gasteiger partial charge in [-0.2, -0.15) is 0 Å². The molecule has 2 aliphatic rings. The summed E-state index contributed by atoms with van der Waals surface area (Å²) in [6.45, 7) is 3.48. The smallest absolute Gasteiger partial charge is 0.0315 e. The van der Waals surface area contributed by atoms with Crippen LogP contribution in [-0.2, 0) is 0 Å². The van der Waals surface area contributed by atoms with Gasteiger partial charge in [-0.15, -0.1) is 0 Å². The number of hydrogen-bond donors (Lipinski definition) is 2. The minimum Gasteiger partial charge on any atom is -0.314 e. The maximum absolute atomic E-state index is 4.24. The molecule has 1 aromatic heterocycles. The zero-order chi connectivity index (χ0) is 13.8. The normalized spacial score (nSPS) is 32.1. The van der Waals surface area contributed by atoms with E-state index in [0.717, 1.165) is 12.0 Å². The molecule has 0 radical (unpaired) electrons. The lowest BCUT2D eigenvalue weighted by atomic mass is 9.88. The molecule has 0 spiro atoms. The highest BCUT2D eigenvalue weighted by atomic mass is 15.0. The Labute approximate surface area is 122 Å². The van der Waals surface area contributed by atoms with Crippen LogP contribution >= 0.6 is 0 Å². The fourth-order valence-electron chi connectivity index (χ4n) is 3.97. The zero-order valence-electron chi connectivity index (χ0n) is 12.5. The van der Waals surface area contributed by atoms with E-state index >= 15 is 0 Å². The molecule has 1 saturated heterocycles. The molecule has 3 nitrogen and oxygen atoms in total. The highest BCUT2D eigenvalue weighted by Gasteiger charge is 2.34. The van der Waals surface area contributed by atoms with Crippen molar-refractivity contribution in [2.45, 2.75) is 63.6 Å². The summed E-state index contributed by atoms with van der Waals surface area (Å²) in [6.07, 6.45) is 12.0. The Morgan fingerprint density at radius 2 is 2.20 bits per heavy atom. The van der Waals surface area contributed by atoms with Gasteiger partial charge in [0.1, 0.15) is 0 Å². The van der Waals surface area contributed by atoms with Crippen LogP contribution in [0.25, 0.3) is 0 Å². The molecule has 0 aromatic carbocycles. The van der Waals surface area contributed by atoms with E-state index in [9.17, 15) is 0 Å². The summed E-state index contributed by atoms with van der Waals surface area (Å²) in [7, 11) is 0. The van der Waals surface area contributed by atoms with Crippen LogP contribution in [-0.4, -0.2) is 23.6 Å². The Bertz CT molecular complexity index is 400. The number of hydrogen-bond acceptors (Lipinski definition) is 3. The van der Waals surface area contributed by atoms with Gasteiger partial charge < -0.3 is 10.6 Å². The van der Waals surface area contributed by atoms with Crippen LogP contribution in [0.4, 0.5) is 0 Å². The molecule has 0 amide bonds. The molecule has 3 rings (SSSR count). The predicted octanol–water partition coefficient (Wildman–Crippen LogP) is 3.04. The van der Waals surface area contributed by atoms with Gasteiger partial charge >= 0.3 is 0 Å². The number of piperidine rings is 1. The molecule has 1 aliphatic carbocycles. The first kappa shape index (κ1) is 14.0. The quantitative estimate of drug-likeness (QED) is 0.885. The van der Waals surface area contributed by atoms with E-state index < -0.39 is 0 Å². The maximum Gasteiger partial charge on any atom is 0.0315 e. The average Bonchev–Trinajstić information content (AvgIpc) is 2.97. The van der Waals surface area contributed by atoms with Crippen molar-refractivity contribution in [2.75, 3.05) is 6.54 Å². The molecule has 3 unspecified atom stereocenters. The van der Waals surface area contributed by atoms with Gasteiger partial charge in [0.25, 0.3) is 0 Å². The summed E-state index contributed by atoms with van der Waals surface area (Å²) in [5, 5.41) is 7.61. The average molecular weight is 273 g/mol. The maximum atomic E-state index is 4.24. The molecular formula is C17H27N3. The van der Waals surface area contributed by atoms with Crippen molar-refractivity contribution < 1.29 is 0 Å². The molecule has 1 aromatic rings. The van der Waals surface area contributed by atoms with Crippen molar-refractivity contribution in [2.24, 2.45) is 5.92 Å². The summed E-state index contributed by atoms with van der Waals surface area (Å²) < 4.78 is 0. The first-order valence-corrected chi connectivity index (χ1v) is 8.24. The predicted molar refractivity (Wildman–Crippen MR) is 82.6 cm³/mol.